The highest BCUT2D eigenvalue weighted by Crippen LogP contribution is 2.62. The number of anilines is 1. The normalized spacial score (nSPS) is 20.0. The fourth-order valence-corrected chi connectivity index (χ4v) is 7.05. The van der Waals surface area contributed by atoms with Gasteiger partial charge < -0.3 is 9.88 Å². The van der Waals surface area contributed by atoms with Crippen LogP contribution in [0.25, 0.3) is 21.7 Å². The van der Waals surface area contributed by atoms with Crippen LogP contribution in [0, 0.1) is 22.7 Å². The van der Waals surface area contributed by atoms with E-state index in [4.69, 9.17) is 16.7 Å². The fraction of sp³-hybridized carbons (Fsp3) is 0.382. The van der Waals surface area contributed by atoms with Crippen LogP contribution >= 0.6 is 11.6 Å². The molecule has 2 aromatic carbocycles. The zero-order valence-electron chi connectivity index (χ0n) is 24.9. The Morgan fingerprint density at radius 1 is 1.16 bits per heavy atom. The second-order valence-electron chi connectivity index (χ2n) is 13.6. The SMILES string of the molecule is Cn1ccc2c([C@H](Cc3cc(Cl)c4ncc(C#N)c(NCC(C)(C)C)c4c3)c3cn(C45CC(C4)C5)nn3)cccc2c1=O. The van der Waals surface area contributed by atoms with E-state index in [9.17, 15) is 10.1 Å². The van der Waals surface area contributed by atoms with Gasteiger partial charge in [-0.2, -0.15) is 5.26 Å². The molecule has 0 radical (unpaired) electrons. The number of hydrogen-bond donors (Lipinski definition) is 1. The lowest BCUT2D eigenvalue weighted by molar-refractivity contribution is -0.0989. The second kappa shape index (κ2) is 9.92. The number of nitrogens with zero attached hydrogens (tertiary/aromatic N) is 6. The van der Waals surface area contributed by atoms with Gasteiger partial charge in [0.05, 0.1) is 33.0 Å². The Labute approximate surface area is 255 Å². The van der Waals surface area contributed by atoms with Crippen LogP contribution in [-0.2, 0) is 19.0 Å². The van der Waals surface area contributed by atoms with Gasteiger partial charge in [0.15, 0.2) is 0 Å². The summed E-state index contributed by atoms with van der Waals surface area (Å²) in [6.07, 6.45) is 9.60. The summed E-state index contributed by atoms with van der Waals surface area (Å²) in [5.74, 6) is 0.647. The minimum Gasteiger partial charge on any atom is -0.383 e. The topological polar surface area (TPSA) is 101 Å². The molecule has 3 heterocycles. The molecule has 0 amide bonds. The van der Waals surface area contributed by atoms with Gasteiger partial charge in [-0.3, -0.25) is 9.78 Å². The summed E-state index contributed by atoms with van der Waals surface area (Å²) < 4.78 is 3.68. The molecule has 3 aliphatic rings. The van der Waals surface area contributed by atoms with E-state index in [1.54, 1.807) is 17.8 Å². The van der Waals surface area contributed by atoms with Crippen molar-refractivity contribution in [1.29, 1.82) is 5.26 Å². The lowest BCUT2D eigenvalue weighted by Crippen LogP contribution is -2.59. The zero-order chi connectivity index (χ0) is 30.1. The molecule has 0 saturated heterocycles. The summed E-state index contributed by atoms with van der Waals surface area (Å²) in [6, 6.07) is 14.3. The predicted molar refractivity (Wildman–Crippen MR) is 169 cm³/mol. The van der Waals surface area contributed by atoms with Crippen LogP contribution in [0.5, 0.6) is 0 Å². The second-order valence-corrected chi connectivity index (χ2v) is 14.0. The summed E-state index contributed by atoms with van der Waals surface area (Å²) in [7, 11) is 1.77. The molecule has 0 unspecified atom stereocenters. The van der Waals surface area contributed by atoms with Gasteiger partial charge in [-0.25, -0.2) is 4.68 Å². The molecule has 0 aliphatic heterocycles. The lowest BCUT2D eigenvalue weighted by Gasteiger charge is -2.61. The minimum absolute atomic E-state index is 0.00641. The van der Waals surface area contributed by atoms with Crippen LogP contribution in [0.3, 0.4) is 0 Å². The van der Waals surface area contributed by atoms with Crippen LogP contribution in [0.15, 0.2) is 59.8 Å². The van der Waals surface area contributed by atoms with Crippen LogP contribution in [-0.4, -0.2) is 31.1 Å². The maximum Gasteiger partial charge on any atom is 0.258 e. The molecule has 218 valence electrons. The van der Waals surface area contributed by atoms with Gasteiger partial charge in [0.25, 0.3) is 5.56 Å². The minimum atomic E-state index is -0.177. The van der Waals surface area contributed by atoms with Crippen molar-refractivity contribution in [2.45, 2.75) is 57.9 Å². The summed E-state index contributed by atoms with van der Waals surface area (Å²) >= 11 is 6.87. The third-order valence-corrected chi connectivity index (χ3v) is 9.52. The maximum absolute atomic E-state index is 13.1. The van der Waals surface area contributed by atoms with Crippen molar-refractivity contribution < 1.29 is 0 Å². The highest BCUT2D eigenvalue weighted by atomic mass is 35.5. The largest absolute Gasteiger partial charge is 0.383 e. The molecule has 43 heavy (non-hydrogen) atoms. The third-order valence-electron chi connectivity index (χ3n) is 9.23. The number of pyridine rings is 2. The smallest absolute Gasteiger partial charge is 0.258 e. The Bertz CT molecular complexity index is 2000. The number of benzene rings is 2. The molecule has 1 atom stereocenters. The predicted octanol–water partition coefficient (Wildman–Crippen LogP) is 6.54. The Hall–Kier alpha value is -4.22. The molecule has 8 rings (SSSR count). The van der Waals surface area contributed by atoms with Gasteiger partial charge in [-0.15, -0.1) is 5.10 Å². The Kier molecular flexibility index (Phi) is 6.37. The van der Waals surface area contributed by atoms with Crippen molar-refractivity contribution in [1.82, 2.24) is 24.5 Å². The van der Waals surface area contributed by atoms with Gasteiger partial charge in [0, 0.05) is 48.9 Å². The number of nitrogens with one attached hydrogen (secondary N) is 1. The summed E-state index contributed by atoms with van der Waals surface area (Å²) in [5.41, 5.74) is 4.84. The van der Waals surface area contributed by atoms with Crippen molar-refractivity contribution in [3.8, 4) is 6.07 Å². The molecule has 3 fully saturated rings. The molecule has 3 saturated carbocycles. The van der Waals surface area contributed by atoms with E-state index in [2.05, 4.69) is 65.4 Å². The summed E-state index contributed by atoms with van der Waals surface area (Å²) in [6.45, 7) is 7.13. The first kappa shape index (κ1) is 27.6. The fourth-order valence-electron chi connectivity index (χ4n) is 6.76. The van der Waals surface area contributed by atoms with Gasteiger partial charge in [0.2, 0.25) is 0 Å². The number of aromatic nitrogens is 5. The standard InChI is InChI=1S/C34H34ClN7O/c1-33(2,3)19-38-30-22(16-36)17-37-31-27(30)11-20(12-28(31)35)10-26(29-18-42(40-39-29)34-13-21(14-34)15-34)23-6-5-7-25-24(23)8-9-41(4)32(25)43/h5-9,11-12,17-18,21,26H,10,13-15,19H2,1-4H3,(H,37,38)/t21?,26-,34?/m0/s1. The summed E-state index contributed by atoms with van der Waals surface area (Å²) in [4.78, 5) is 17.6. The molecule has 1 N–H and O–H groups in total. The monoisotopic (exact) mass is 591 g/mol. The Morgan fingerprint density at radius 3 is 2.65 bits per heavy atom. The molecule has 3 aliphatic carbocycles. The molecule has 2 bridgehead atoms. The Balaban J connectivity index is 1.37. The highest BCUT2D eigenvalue weighted by Gasteiger charge is 2.58. The van der Waals surface area contributed by atoms with E-state index >= 15 is 0 Å². The first-order chi connectivity index (χ1) is 20.5. The number of nitriles is 1. The number of hydrogen-bond acceptors (Lipinski definition) is 6. The molecule has 8 nitrogen and oxygen atoms in total. The number of fused-ring (bicyclic) bond motifs is 2. The van der Waals surface area contributed by atoms with Gasteiger partial charge in [-0.05, 0) is 77.8 Å². The van der Waals surface area contributed by atoms with Crippen LogP contribution in [0.2, 0.25) is 5.02 Å². The van der Waals surface area contributed by atoms with Crippen molar-refractivity contribution in [3.63, 3.8) is 0 Å². The van der Waals surface area contributed by atoms with Crippen molar-refractivity contribution in [2.24, 2.45) is 18.4 Å². The summed E-state index contributed by atoms with van der Waals surface area (Å²) in [5, 5.41) is 25.7. The third kappa shape index (κ3) is 4.67. The van der Waals surface area contributed by atoms with E-state index in [-0.39, 0.29) is 22.4 Å². The van der Waals surface area contributed by atoms with Crippen LogP contribution in [0.4, 0.5) is 5.69 Å². The van der Waals surface area contributed by atoms with Crippen molar-refractivity contribution in [2.75, 3.05) is 11.9 Å². The van der Waals surface area contributed by atoms with E-state index in [1.165, 1.54) is 19.3 Å². The van der Waals surface area contributed by atoms with E-state index in [0.29, 0.717) is 34.5 Å². The molecule has 5 aromatic rings. The van der Waals surface area contributed by atoms with Crippen molar-refractivity contribution in [3.05, 3.63) is 92.7 Å². The Morgan fingerprint density at radius 2 is 1.95 bits per heavy atom. The van der Waals surface area contributed by atoms with E-state index < -0.39 is 0 Å². The number of rotatable bonds is 7. The highest BCUT2D eigenvalue weighted by molar-refractivity contribution is 6.35. The van der Waals surface area contributed by atoms with Crippen molar-refractivity contribution >= 4 is 39.0 Å². The average Bonchev–Trinajstić information content (AvgIpc) is 3.39. The van der Waals surface area contributed by atoms with Crippen LogP contribution in [0.1, 0.15) is 68.3 Å². The van der Waals surface area contributed by atoms with Gasteiger partial charge in [-0.1, -0.05) is 49.7 Å². The van der Waals surface area contributed by atoms with Gasteiger partial charge >= 0.3 is 0 Å². The lowest BCUT2D eigenvalue weighted by atomic mass is 9.50. The molecular weight excluding hydrogens is 558 g/mol. The molecule has 0 spiro atoms. The van der Waals surface area contributed by atoms with E-state index in [0.717, 1.165) is 39.2 Å². The maximum atomic E-state index is 13.1. The molecule has 3 aromatic heterocycles. The van der Waals surface area contributed by atoms with Gasteiger partial charge in [0.1, 0.15) is 6.07 Å². The van der Waals surface area contributed by atoms with Crippen LogP contribution < -0.4 is 10.9 Å². The first-order valence-electron chi connectivity index (χ1n) is 14.8. The average molecular weight is 592 g/mol. The first-order valence-corrected chi connectivity index (χ1v) is 15.2. The number of halogens is 1. The van der Waals surface area contributed by atoms with E-state index in [1.807, 2.05) is 30.5 Å². The number of aryl methyl sites for hydroxylation is 1. The molecular formula is C34H34ClN7O. The zero-order valence-corrected chi connectivity index (χ0v) is 25.6. The molecule has 9 heteroatoms. The quantitative estimate of drug-likeness (QED) is 0.230.